The number of piperidine rings is 1. The van der Waals surface area contributed by atoms with E-state index in [0.29, 0.717) is 18.9 Å². The maximum Gasteiger partial charge on any atom is 0.416 e. The monoisotopic (exact) mass is 440 g/mol. The summed E-state index contributed by atoms with van der Waals surface area (Å²) in [4.78, 5) is 27.7. The summed E-state index contributed by atoms with van der Waals surface area (Å²) < 4.78 is 39.6. The predicted octanol–water partition coefficient (Wildman–Crippen LogP) is 2.51. The molecule has 6 nitrogen and oxygen atoms in total. The minimum Gasteiger partial charge on any atom is -0.302 e. The van der Waals surface area contributed by atoms with Gasteiger partial charge in [0.2, 0.25) is 0 Å². The zero-order valence-corrected chi connectivity index (χ0v) is 16.7. The van der Waals surface area contributed by atoms with Crippen molar-refractivity contribution in [3.8, 4) is 6.07 Å². The number of aryl methyl sites for hydroxylation is 1. The van der Waals surface area contributed by atoms with Crippen LogP contribution in [0.5, 0.6) is 0 Å². The Morgan fingerprint density at radius 1 is 1.20 bits per heavy atom. The van der Waals surface area contributed by atoms with Crippen molar-refractivity contribution < 1.29 is 13.2 Å². The summed E-state index contributed by atoms with van der Waals surface area (Å²) >= 11 is 0. The van der Waals surface area contributed by atoms with Gasteiger partial charge in [-0.05, 0) is 43.0 Å². The van der Waals surface area contributed by atoms with Crippen LogP contribution in [0, 0.1) is 17.2 Å². The standard InChI is InChI=1S/C20H19F3N4O2.ClH/c21-20(22,23)15-4-2-14(3-5-15)19-8-16(19)11-26(12-19)6-1-7-27-10-13(9-24)17(28)25-18(27)29;/h2-5,10,16H,1,6-8,11-12H2,(H,25,28,29);1H/t16-,19+;/m0./s1. The number of aromatic nitrogens is 2. The Labute approximate surface area is 176 Å². The third-order valence-corrected chi connectivity index (χ3v) is 6.01. The second-order valence-corrected chi connectivity index (χ2v) is 7.83. The first-order chi connectivity index (χ1) is 13.7. The van der Waals surface area contributed by atoms with Gasteiger partial charge in [-0.15, -0.1) is 12.4 Å². The van der Waals surface area contributed by atoms with Crippen molar-refractivity contribution in [1.29, 1.82) is 5.26 Å². The van der Waals surface area contributed by atoms with Gasteiger partial charge in [0.15, 0.2) is 0 Å². The Morgan fingerprint density at radius 2 is 1.90 bits per heavy atom. The molecule has 1 N–H and O–H groups in total. The molecular weight excluding hydrogens is 421 g/mol. The molecule has 0 unspecified atom stereocenters. The molecule has 1 saturated carbocycles. The molecule has 1 aliphatic heterocycles. The number of nitriles is 1. The van der Waals surface area contributed by atoms with Crippen LogP contribution in [0.2, 0.25) is 0 Å². The number of likely N-dealkylation sites (tertiary alicyclic amines) is 1. The van der Waals surface area contributed by atoms with Crippen LogP contribution in [0.15, 0.2) is 40.1 Å². The van der Waals surface area contributed by atoms with Gasteiger partial charge < -0.3 is 4.90 Å². The van der Waals surface area contributed by atoms with E-state index in [-0.39, 0.29) is 23.4 Å². The van der Waals surface area contributed by atoms with E-state index < -0.39 is 23.0 Å². The van der Waals surface area contributed by atoms with Gasteiger partial charge in [0.05, 0.1) is 5.56 Å². The van der Waals surface area contributed by atoms with Crippen molar-refractivity contribution in [3.05, 3.63) is 68.0 Å². The highest BCUT2D eigenvalue weighted by Crippen LogP contribution is 2.59. The van der Waals surface area contributed by atoms with Crippen molar-refractivity contribution in [1.82, 2.24) is 14.5 Å². The molecule has 0 radical (unpaired) electrons. The highest BCUT2D eigenvalue weighted by molar-refractivity contribution is 5.85. The Balaban J connectivity index is 0.00000256. The maximum atomic E-state index is 12.8. The van der Waals surface area contributed by atoms with Crippen LogP contribution in [0.1, 0.15) is 29.5 Å². The summed E-state index contributed by atoms with van der Waals surface area (Å²) in [6.45, 7) is 2.77. The highest BCUT2D eigenvalue weighted by Gasteiger charge is 2.60. The molecule has 2 fully saturated rings. The maximum absolute atomic E-state index is 12.8. The second kappa shape index (κ2) is 7.93. The minimum atomic E-state index is -4.33. The fourth-order valence-corrected chi connectivity index (χ4v) is 4.42. The van der Waals surface area contributed by atoms with Gasteiger partial charge in [-0.25, -0.2) is 4.79 Å². The summed E-state index contributed by atoms with van der Waals surface area (Å²) in [5.41, 5.74) is -1.08. The summed E-state index contributed by atoms with van der Waals surface area (Å²) in [7, 11) is 0. The van der Waals surface area contributed by atoms with Crippen LogP contribution in [-0.4, -0.2) is 34.1 Å². The van der Waals surface area contributed by atoms with Gasteiger partial charge in [-0.3, -0.25) is 14.3 Å². The molecule has 1 aliphatic carbocycles. The quantitative estimate of drug-likeness (QED) is 0.774. The first-order valence-corrected chi connectivity index (χ1v) is 9.37. The number of alkyl halides is 3. The summed E-state index contributed by atoms with van der Waals surface area (Å²) in [6.07, 6.45) is -1.41. The molecule has 2 aromatic rings. The van der Waals surface area contributed by atoms with Crippen molar-refractivity contribution in [2.45, 2.75) is 31.0 Å². The van der Waals surface area contributed by atoms with Crippen LogP contribution in [0.4, 0.5) is 13.2 Å². The van der Waals surface area contributed by atoms with E-state index >= 15 is 0 Å². The molecule has 1 aromatic carbocycles. The number of hydrogen-bond acceptors (Lipinski definition) is 4. The third kappa shape index (κ3) is 4.02. The molecule has 0 bridgehead atoms. The number of fused-ring (bicyclic) bond motifs is 1. The SMILES string of the molecule is Cl.N#Cc1cn(CCCN2C[C@@H]3C[C@]3(c3ccc(C(F)(F)F)cc3)C2)c(=O)[nH]c1=O. The number of aromatic amines is 1. The molecule has 0 spiro atoms. The fraction of sp³-hybridized carbons (Fsp3) is 0.450. The lowest BCUT2D eigenvalue weighted by Crippen LogP contribution is -2.33. The van der Waals surface area contributed by atoms with Gasteiger partial charge in [-0.1, -0.05) is 12.1 Å². The van der Waals surface area contributed by atoms with E-state index in [2.05, 4.69) is 9.88 Å². The zero-order valence-electron chi connectivity index (χ0n) is 15.9. The number of hydrogen-bond donors (Lipinski definition) is 1. The first kappa shape index (κ1) is 22.1. The van der Waals surface area contributed by atoms with Crippen molar-refractivity contribution in [2.75, 3.05) is 19.6 Å². The number of halogens is 4. The molecule has 160 valence electrons. The number of benzene rings is 1. The normalized spacial score (nSPS) is 22.8. The lowest BCUT2D eigenvalue weighted by atomic mass is 9.94. The lowest BCUT2D eigenvalue weighted by molar-refractivity contribution is -0.137. The largest absolute Gasteiger partial charge is 0.416 e. The van der Waals surface area contributed by atoms with Crippen molar-refractivity contribution in [2.24, 2.45) is 5.92 Å². The van der Waals surface area contributed by atoms with Gasteiger partial charge in [-0.2, -0.15) is 18.4 Å². The Hall–Kier alpha value is -2.57. The smallest absolute Gasteiger partial charge is 0.302 e. The third-order valence-electron chi connectivity index (χ3n) is 6.01. The van der Waals surface area contributed by atoms with Crippen LogP contribution >= 0.6 is 12.4 Å². The molecule has 1 aromatic heterocycles. The molecule has 10 heteroatoms. The second-order valence-electron chi connectivity index (χ2n) is 7.83. The Morgan fingerprint density at radius 3 is 2.53 bits per heavy atom. The van der Waals surface area contributed by atoms with E-state index in [1.165, 1.54) is 10.8 Å². The van der Waals surface area contributed by atoms with E-state index in [1.807, 2.05) is 0 Å². The fourth-order valence-electron chi connectivity index (χ4n) is 4.42. The molecular formula is C20H20ClF3N4O2. The molecule has 1 saturated heterocycles. The summed E-state index contributed by atoms with van der Waals surface area (Å²) in [5.74, 6) is 0.445. The number of rotatable bonds is 5. The Bertz CT molecular complexity index is 1090. The molecule has 2 atom stereocenters. The first-order valence-electron chi connectivity index (χ1n) is 9.37. The van der Waals surface area contributed by atoms with E-state index in [1.54, 1.807) is 18.2 Å². The highest BCUT2D eigenvalue weighted by atomic mass is 35.5. The van der Waals surface area contributed by atoms with Gasteiger partial charge >= 0.3 is 11.9 Å². The van der Waals surface area contributed by atoms with E-state index in [4.69, 9.17) is 5.26 Å². The van der Waals surface area contributed by atoms with Crippen LogP contribution in [-0.2, 0) is 18.1 Å². The summed E-state index contributed by atoms with van der Waals surface area (Å²) in [5, 5.41) is 8.91. The molecule has 30 heavy (non-hydrogen) atoms. The summed E-state index contributed by atoms with van der Waals surface area (Å²) in [6, 6.07) is 7.24. The van der Waals surface area contributed by atoms with Crippen LogP contribution in [0.25, 0.3) is 0 Å². The predicted molar refractivity (Wildman–Crippen MR) is 106 cm³/mol. The van der Waals surface area contributed by atoms with Gasteiger partial charge in [0.1, 0.15) is 11.6 Å². The zero-order chi connectivity index (χ0) is 20.8. The molecule has 2 heterocycles. The number of H-pyrrole nitrogens is 1. The molecule has 2 aliphatic rings. The average Bonchev–Trinajstić information content (AvgIpc) is 3.25. The minimum absolute atomic E-state index is 0. The topological polar surface area (TPSA) is 81.9 Å². The van der Waals surface area contributed by atoms with E-state index in [9.17, 15) is 22.8 Å². The Kier molecular flexibility index (Phi) is 5.85. The van der Waals surface area contributed by atoms with Crippen LogP contribution < -0.4 is 11.2 Å². The lowest BCUT2D eigenvalue weighted by Gasteiger charge is -2.21. The average molecular weight is 441 g/mol. The van der Waals surface area contributed by atoms with Gasteiger partial charge in [0.25, 0.3) is 5.56 Å². The van der Waals surface area contributed by atoms with Crippen molar-refractivity contribution in [3.63, 3.8) is 0 Å². The van der Waals surface area contributed by atoms with Crippen molar-refractivity contribution >= 4 is 12.4 Å². The van der Waals surface area contributed by atoms with Gasteiger partial charge in [0, 0.05) is 31.2 Å². The number of nitrogens with zero attached hydrogens (tertiary/aromatic N) is 3. The van der Waals surface area contributed by atoms with Crippen LogP contribution in [0.3, 0.4) is 0 Å². The molecule has 4 rings (SSSR count). The molecule has 0 amide bonds. The number of nitrogens with one attached hydrogen (secondary N) is 1. The van der Waals surface area contributed by atoms with E-state index in [0.717, 1.165) is 43.8 Å².